The Morgan fingerprint density at radius 1 is 1.15 bits per heavy atom. The fourth-order valence-corrected chi connectivity index (χ4v) is 4.74. The molecule has 0 aromatic carbocycles. The van der Waals surface area contributed by atoms with E-state index >= 15 is 0 Å². The average Bonchev–Trinajstić information content (AvgIpc) is 3.40. The Morgan fingerprint density at radius 3 is 2.58 bits per heavy atom. The third-order valence-corrected chi connectivity index (χ3v) is 6.59. The summed E-state index contributed by atoms with van der Waals surface area (Å²) < 4.78 is 22.6. The van der Waals surface area contributed by atoms with Crippen molar-refractivity contribution in [2.24, 2.45) is 0 Å². The number of aliphatic hydroxyl groups is 2. The SMILES string of the molecule is O=c1ccn([C@@H]2O[C@H](COP(=O)(O)O)[C@H](O)C2O)c(=O)n1Cc1cc(C2CCCC2)ccn1. The van der Waals surface area contributed by atoms with Crippen LogP contribution >= 0.6 is 7.82 Å². The van der Waals surface area contributed by atoms with Crippen LogP contribution in [0.25, 0.3) is 0 Å². The monoisotopic (exact) mass is 483 g/mol. The van der Waals surface area contributed by atoms with Crippen molar-refractivity contribution in [1.82, 2.24) is 14.1 Å². The fraction of sp³-hybridized carbons (Fsp3) is 0.550. The molecule has 12 nitrogen and oxygen atoms in total. The van der Waals surface area contributed by atoms with E-state index in [1.54, 1.807) is 6.20 Å². The van der Waals surface area contributed by atoms with Crippen LogP contribution in [0.1, 0.15) is 49.1 Å². The quantitative estimate of drug-likeness (QED) is 0.388. The topological polar surface area (TPSA) is 173 Å². The van der Waals surface area contributed by atoms with Crippen LogP contribution in [0.3, 0.4) is 0 Å². The van der Waals surface area contributed by atoms with Gasteiger partial charge >= 0.3 is 13.5 Å². The smallest absolute Gasteiger partial charge is 0.387 e. The summed E-state index contributed by atoms with van der Waals surface area (Å²) in [6.45, 7) is -0.791. The van der Waals surface area contributed by atoms with Crippen LogP contribution in [0.2, 0.25) is 0 Å². The molecule has 4 rings (SSSR count). The summed E-state index contributed by atoms with van der Waals surface area (Å²) in [5.41, 5.74) is 0.298. The predicted molar refractivity (Wildman–Crippen MR) is 113 cm³/mol. The lowest BCUT2D eigenvalue weighted by molar-refractivity contribution is -0.0548. The van der Waals surface area contributed by atoms with Gasteiger partial charge in [0.25, 0.3) is 5.56 Å². The van der Waals surface area contributed by atoms with E-state index in [-0.39, 0.29) is 6.54 Å². The molecule has 1 aliphatic heterocycles. The van der Waals surface area contributed by atoms with Crippen LogP contribution < -0.4 is 11.2 Å². The maximum absolute atomic E-state index is 13.1. The van der Waals surface area contributed by atoms with Gasteiger partial charge in [0, 0.05) is 18.5 Å². The van der Waals surface area contributed by atoms with Crippen molar-refractivity contribution in [2.75, 3.05) is 6.61 Å². The average molecular weight is 483 g/mol. The van der Waals surface area contributed by atoms with Gasteiger partial charge in [-0.05, 0) is 36.5 Å². The second-order valence-corrected chi connectivity index (χ2v) is 9.56. The minimum absolute atomic E-state index is 0.0881. The van der Waals surface area contributed by atoms with E-state index in [2.05, 4.69) is 9.51 Å². The van der Waals surface area contributed by atoms with Gasteiger partial charge in [-0.2, -0.15) is 0 Å². The van der Waals surface area contributed by atoms with E-state index in [0.717, 1.165) is 39.8 Å². The van der Waals surface area contributed by atoms with Crippen molar-refractivity contribution >= 4 is 7.82 Å². The molecule has 2 fully saturated rings. The zero-order valence-electron chi connectivity index (χ0n) is 17.6. The molecule has 2 aromatic rings. The van der Waals surface area contributed by atoms with Crippen molar-refractivity contribution in [2.45, 2.75) is 62.7 Å². The first-order chi connectivity index (χ1) is 15.6. The minimum Gasteiger partial charge on any atom is -0.387 e. The highest BCUT2D eigenvalue weighted by Crippen LogP contribution is 2.38. The normalized spacial score (nSPS) is 26.2. The van der Waals surface area contributed by atoms with E-state index in [0.29, 0.717) is 11.6 Å². The molecule has 4 atom stereocenters. The van der Waals surface area contributed by atoms with Crippen LogP contribution in [0.15, 0.2) is 40.2 Å². The molecule has 0 amide bonds. The molecule has 1 saturated carbocycles. The fourth-order valence-electron chi connectivity index (χ4n) is 4.40. The first-order valence-electron chi connectivity index (χ1n) is 10.6. The lowest BCUT2D eigenvalue weighted by Crippen LogP contribution is -2.43. The van der Waals surface area contributed by atoms with Gasteiger partial charge in [-0.15, -0.1) is 0 Å². The Morgan fingerprint density at radius 2 is 1.88 bits per heavy atom. The Labute approximate surface area is 188 Å². The number of phosphoric ester groups is 1. The Bertz CT molecular complexity index is 1150. The molecule has 4 N–H and O–H groups in total. The summed E-state index contributed by atoms with van der Waals surface area (Å²) in [5, 5.41) is 20.5. The van der Waals surface area contributed by atoms with Gasteiger partial charge in [0.05, 0.1) is 18.8 Å². The van der Waals surface area contributed by atoms with Gasteiger partial charge in [0.1, 0.15) is 18.3 Å². The van der Waals surface area contributed by atoms with E-state index in [1.165, 1.54) is 12.8 Å². The Hall–Kier alpha value is -2.18. The molecule has 1 aliphatic carbocycles. The number of pyridine rings is 1. The van der Waals surface area contributed by atoms with Gasteiger partial charge in [-0.1, -0.05) is 12.8 Å². The number of phosphoric acid groups is 1. The van der Waals surface area contributed by atoms with Crippen molar-refractivity contribution in [3.63, 3.8) is 0 Å². The molecule has 0 bridgehead atoms. The molecular weight excluding hydrogens is 457 g/mol. The molecule has 1 unspecified atom stereocenters. The third kappa shape index (κ3) is 5.33. The molecule has 0 spiro atoms. The summed E-state index contributed by atoms with van der Waals surface area (Å²) >= 11 is 0. The molecule has 0 radical (unpaired) electrons. The molecule has 3 heterocycles. The second-order valence-electron chi connectivity index (χ2n) is 8.32. The summed E-state index contributed by atoms with van der Waals surface area (Å²) in [6.07, 6.45) is 1.46. The zero-order valence-corrected chi connectivity index (χ0v) is 18.5. The molecule has 33 heavy (non-hydrogen) atoms. The van der Waals surface area contributed by atoms with E-state index in [4.69, 9.17) is 14.5 Å². The summed E-state index contributed by atoms with van der Waals surface area (Å²) in [7, 11) is -4.82. The molecule has 2 aromatic heterocycles. The first-order valence-corrected chi connectivity index (χ1v) is 12.2. The molecular formula is C20H26N3O9P. The number of nitrogens with zero attached hydrogens (tertiary/aromatic N) is 3. The maximum atomic E-state index is 13.1. The van der Waals surface area contributed by atoms with Crippen LogP contribution in [0.5, 0.6) is 0 Å². The van der Waals surface area contributed by atoms with Gasteiger partial charge in [0.15, 0.2) is 6.23 Å². The van der Waals surface area contributed by atoms with Gasteiger partial charge in [0.2, 0.25) is 0 Å². The predicted octanol–water partition coefficient (Wildman–Crippen LogP) is -0.161. The number of hydrogen-bond acceptors (Lipinski definition) is 8. The largest absolute Gasteiger partial charge is 0.469 e. The van der Waals surface area contributed by atoms with Gasteiger partial charge in [-0.3, -0.25) is 23.4 Å². The van der Waals surface area contributed by atoms with Crippen LogP contribution in [-0.4, -0.2) is 59.0 Å². The number of hydrogen-bond donors (Lipinski definition) is 4. The Balaban J connectivity index is 1.57. The molecule has 180 valence electrons. The maximum Gasteiger partial charge on any atom is 0.469 e. The van der Waals surface area contributed by atoms with Crippen molar-refractivity contribution in [1.29, 1.82) is 0 Å². The summed E-state index contributed by atoms with van der Waals surface area (Å²) in [5.74, 6) is 0.437. The summed E-state index contributed by atoms with van der Waals surface area (Å²) in [6, 6.07) is 4.96. The summed E-state index contributed by atoms with van der Waals surface area (Å²) in [4.78, 5) is 47.5. The zero-order chi connectivity index (χ0) is 23.8. The van der Waals surface area contributed by atoms with Gasteiger partial charge < -0.3 is 24.7 Å². The van der Waals surface area contributed by atoms with E-state index in [1.807, 2.05) is 12.1 Å². The highest BCUT2D eigenvalue weighted by molar-refractivity contribution is 7.46. The number of aromatic nitrogens is 3. The lowest BCUT2D eigenvalue weighted by atomic mass is 9.98. The number of rotatable bonds is 7. The Kier molecular flexibility index (Phi) is 6.96. The molecule has 1 saturated heterocycles. The third-order valence-electron chi connectivity index (χ3n) is 6.10. The van der Waals surface area contributed by atoms with Crippen molar-refractivity contribution in [3.05, 3.63) is 62.7 Å². The lowest BCUT2D eigenvalue weighted by Gasteiger charge is -2.19. The van der Waals surface area contributed by atoms with Crippen LogP contribution in [0, 0.1) is 0 Å². The highest BCUT2D eigenvalue weighted by Gasteiger charge is 2.45. The minimum atomic E-state index is -4.82. The van der Waals surface area contributed by atoms with Crippen LogP contribution in [0.4, 0.5) is 0 Å². The van der Waals surface area contributed by atoms with Crippen molar-refractivity contribution in [3.8, 4) is 0 Å². The van der Waals surface area contributed by atoms with E-state index in [9.17, 15) is 24.4 Å². The van der Waals surface area contributed by atoms with E-state index < -0.39 is 50.2 Å². The standard InChI is InChI=1S/C20H26N3O9P/c24-16-6-8-22(19-18(26)17(25)15(32-19)11-31-33(28,29)30)20(27)23(16)10-14-9-13(5-7-21-14)12-3-1-2-4-12/h5-9,12,15,17-19,25-26H,1-4,10-11H2,(H2,28,29,30)/t15-,17+,18?,19-/m1/s1. The molecule has 13 heteroatoms. The number of ether oxygens (including phenoxy) is 1. The van der Waals surface area contributed by atoms with Gasteiger partial charge in [-0.25, -0.2) is 9.36 Å². The second kappa shape index (κ2) is 9.59. The van der Waals surface area contributed by atoms with Crippen molar-refractivity contribution < 1.29 is 33.8 Å². The first kappa shape index (κ1) is 24.0. The number of aliphatic hydroxyl groups excluding tert-OH is 2. The van der Waals surface area contributed by atoms with Crippen LogP contribution in [-0.2, 0) is 20.4 Å². The molecule has 2 aliphatic rings. The highest BCUT2D eigenvalue weighted by atomic mass is 31.2.